The molecule has 0 aliphatic heterocycles. The highest BCUT2D eigenvalue weighted by molar-refractivity contribution is 5.78. The zero-order valence-electron chi connectivity index (χ0n) is 29.0. The first-order valence-electron chi connectivity index (χ1n) is 18.7. The van der Waals surface area contributed by atoms with Crippen molar-refractivity contribution in [1.29, 1.82) is 0 Å². The molecular formula is C38H76N2O. The second-order valence-electron chi connectivity index (χ2n) is 13.1. The van der Waals surface area contributed by atoms with Crippen molar-refractivity contribution in [2.24, 2.45) is 11.8 Å². The molecule has 0 saturated carbocycles. The third kappa shape index (κ3) is 24.3. The molecule has 3 heteroatoms. The number of unbranched alkanes of at least 4 members (excludes halogenated alkanes) is 15. The second-order valence-corrected chi connectivity index (χ2v) is 13.1. The third-order valence-electron chi connectivity index (χ3n) is 9.25. The van der Waals surface area contributed by atoms with Crippen LogP contribution in [0.4, 0.5) is 0 Å². The summed E-state index contributed by atoms with van der Waals surface area (Å²) in [4.78, 5) is 12.6. The molecule has 0 heterocycles. The second kappa shape index (κ2) is 30.6. The van der Waals surface area contributed by atoms with Gasteiger partial charge in [0.05, 0.1) is 0 Å². The van der Waals surface area contributed by atoms with E-state index in [0.29, 0.717) is 11.7 Å². The van der Waals surface area contributed by atoms with Crippen molar-refractivity contribution in [3.63, 3.8) is 0 Å². The van der Waals surface area contributed by atoms with E-state index in [0.717, 1.165) is 38.1 Å². The van der Waals surface area contributed by atoms with Gasteiger partial charge in [0.25, 0.3) is 0 Å². The summed E-state index contributed by atoms with van der Waals surface area (Å²) >= 11 is 0. The highest BCUT2D eigenvalue weighted by Crippen LogP contribution is 2.27. The summed E-state index contributed by atoms with van der Waals surface area (Å²) in [6.45, 7) is 14.8. The summed E-state index contributed by atoms with van der Waals surface area (Å²) in [6.07, 6.45) is 34.1. The Labute approximate surface area is 259 Å². The van der Waals surface area contributed by atoms with Crippen LogP contribution in [0.3, 0.4) is 0 Å². The molecule has 244 valence electrons. The number of rotatable bonds is 33. The first-order chi connectivity index (χ1) is 20.0. The van der Waals surface area contributed by atoms with Crippen LogP contribution < -0.4 is 5.43 Å². The maximum Gasteiger partial charge on any atom is 0.132 e. The predicted octanol–water partition coefficient (Wildman–Crippen LogP) is 12.4. The lowest BCUT2D eigenvalue weighted by atomic mass is 9.89. The molecule has 41 heavy (non-hydrogen) atoms. The molecule has 0 aliphatic carbocycles. The molecule has 3 nitrogen and oxygen atoms in total. The number of carbonyl (C=O) groups excluding carboxylic acids is 1. The van der Waals surface area contributed by atoms with Crippen LogP contribution in [0, 0.1) is 11.8 Å². The maximum atomic E-state index is 12.6. The molecule has 0 saturated heterocycles. The van der Waals surface area contributed by atoms with Crippen molar-refractivity contribution in [3.05, 3.63) is 12.3 Å². The van der Waals surface area contributed by atoms with E-state index < -0.39 is 0 Å². The van der Waals surface area contributed by atoms with Crippen molar-refractivity contribution in [2.45, 2.75) is 201 Å². The highest BCUT2D eigenvalue weighted by atomic mass is 16.1. The summed E-state index contributed by atoms with van der Waals surface area (Å²) < 4.78 is 0. The average molecular weight is 577 g/mol. The van der Waals surface area contributed by atoms with Crippen LogP contribution >= 0.6 is 0 Å². The molecule has 0 amide bonds. The molecule has 0 bridgehead atoms. The zero-order valence-corrected chi connectivity index (χ0v) is 29.0. The van der Waals surface area contributed by atoms with E-state index in [9.17, 15) is 4.79 Å². The van der Waals surface area contributed by atoms with Gasteiger partial charge >= 0.3 is 0 Å². The van der Waals surface area contributed by atoms with E-state index in [-0.39, 0.29) is 0 Å². The molecule has 0 aromatic carbocycles. The van der Waals surface area contributed by atoms with E-state index in [2.05, 4.69) is 51.8 Å². The molecule has 1 N–H and O–H groups in total. The largest absolute Gasteiger partial charge is 0.313 e. The van der Waals surface area contributed by atoms with E-state index in [1.54, 1.807) is 0 Å². The van der Waals surface area contributed by atoms with Crippen LogP contribution in [0.2, 0.25) is 0 Å². The first kappa shape index (κ1) is 40.2. The Morgan fingerprint density at radius 2 is 1.02 bits per heavy atom. The number of allylic oxidation sites excluding steroid dienone is 1. The quantitative estimate of drug-likeness (QED) is 0.0623. The number of carbonyl (C=O) groups is 1. The minimum absolute atomic E-state index is 0.519. The fourth-order valence-corrected chi connectivity index (χ4v) is 6.31. The predicted molar refractivity (Wildman–Crippen MR) is 184 cm³/mol. The van der Waals surface area contributed by atoms with Crippen molar-refractivity contribution in [3.8, 4) is 0 Å². The Bertz CT molecular complexity index is 575. The van der Waals surface area contributed by atoms with Crippen LogP contribution in [0.5, 0.6) is 0 Å². The Hall–Kier alpha value is -0.830. The van der Waals surface area contributed by atoms with E-state index in [1.807, 2.05) is 0 Å². The van der Waals surface area contributed by atoms with Gasteiger partial charge in [-0.2, -0.15) is 0 Å². The number of hydrogen-bond acceptors (Lipinski definition) is 3. The SMILES string of the molecule is C=C(C(CCCCCCCC)CCCCCCCC(=O)CCC(CCCC)CCCCCC)N(CCCCC)NC. The number of hydrogen-bond donors (Lipinski definition) is 1. The molecule has 0 fully saturated rings. The Morgan fingerprint density at radius 3 is 1.61 bits per heavy atom. The van der Waals surface area contributed by atoms with Gasteiger partial charge < -0.3 is 5.01 Å². The van der Waals surface area contributed by atoms with Gasteiger partial charge in [-0.25, -0.2) is 5.43 Å². The van der Waals surface area contributed by atoms with Crippen molar-refractivity contribution >= 4 is 5.78 Å². The van der Waals surface area contributed by atoms with E-state index in [1.165, 1.54) is 153 Å². The van der Waals surface area contributed by atoms with Gasteiger partial charge in [-0.1, -0.05) is 163 Å². The fraction of sp³-hybridized carbons (Fsp3) is 0.921. The van der Waals surface area contributed by atoms with Gasteiger partial charge in [0.15, 0.2) is 0 Å². The molecular weight excluding hydrogens is 500 g/mol. The lowest BCUT2D eigenvalue weighted by Crippen LogP contribution is -2.37. The van der Waals surface area contributed by atoms with Crippen LogP contribution in [-0.2, 0) is 4.79 Å². The first-order valence-corrected chi connectivity index (χ1v) is 18.7. The van der Waals surface area contributed by atoms with Crippen molar-refractivity contribution in [2.75, 3.05) is 13.6 Å². The molecule has 0 aromatic heterocycles. The van der Waals surface area contributed by atoms with Crippen LogP contribution in [0.25, 0.3) is 0 Å². The standard InChI is InChI=1S/C38H76N2O/c1-7-11-15-17-19-23-29-37(35(5)40(39-6)34-26-13-9-3)30-24-20-18-21-25-31-38(41)33-32-36(27-14-10-4)28-22-16-12-8-2/h36-37,39H,5,7-34H2,1-4,6H3. The van der Waals surface area contributed by atoms with Gasteiger partial charge in [-0.15, -0.1) is 0 Å². The Morgan fingerprint density at radius 1 is 0.561 bits per heavy atom. The number of ketones is 1. The van der Waals surface area contributed by atoms with Gasteiger partial charge in [-0.05, 0) is 43.9 Å². The maximum absolute atomic E-state index is 12.6. The summed E-state index contributed by atoms with van der Waals surface area (Å²) in [5.74, 6) is 1.89. The van der Waals surface area contributed by atoms with Crippen LogP contribution in [-0.4, -0.2) is 24.4 Å². The molecule has 0 aromatic rings. The Balaban J connectivity index is 4.35. The summed E-state index contributed by atoms with van der Waals surface area (Å²) in [6, 6.07) is 0. The van der Waals surface area contributed by atoms with Crippen molar-refractivity contribution in [1.82, 2.24) is 10.4 Å². The number of Topliss-reactive ketones (excluding diaryl/α,β-unsaturated/α-hetero) is 1. The van der Waals surface area contributed by atoms with Crippen LogP contribution in [0.1, 0.15) is 201 Å². The van der Waals surface area contributed by atoms with Gasteiger partial charge in [0.2, 0.25) is 0 Å². The minimum Gasteiger partial charge on any atom is -0.313 e. The molecule has 0 rings (SSSR count). The lowest BCUT2D eigenvalue weighted by Gasteiger charge is -2.31. The normalized spacial score (nSPS) is 12.9. The molecule has 2 unspecified atom stereocenters. The van der Waals surface area contributed by atoms with E-state index >= 15 is 0 Å². The molecule has 2 atom stereocenters. The highest BCUT2D eigenvalue weighted by Gasteiger charge is 2.17. The number of nitrogens with zero attached hydrogens (tertiary/aromatic N) is 1. The molecule has 0 aliphatic rings. The van der Waals surface area contributed by atoms with Gasteiger partial charge in [-0.3, -0.25) is 4.79 Å². The van der Waals surface area contributed by atoms with Crippen molar-refractivity contribution < 1.29 is 4.79 Å². The van der Waals surface area contributed by atoms with Crippen LogP contribution in [0.15, 0.2) is 12.3 Å². The number of nitrogens with one attached hydrogen (secondary N) is 1. The zero-order chi connectivity index (χ0) is 30.4. The van der Waals surface area contributed by atoms with Gasteiger partial charge in [0.1, 0.15) is 5.78 Å². The van der Waals surface area contributed by atoms with E-state index in [4.69, 9.17) is 0 Å². The third-order valence-corrected chi connectivity index (χ3v) is 9.25. The van der Waals surface area contributed by atoms with Gasteiger partial charge in [0, 0.05) is 32.1 Å². The molecule has 0 spiro atoms. The Kier molecular flexibility index (Phi) is 30.0. The lowest BCUT2D eigenvalue weighted by molar-refractivity contribution is -0.119. The topological polar surface area (TPSA) is 32.3 Å². The smallest absolute Gasteiger partial charge is 0.132 e. The fourth-order valence-electron chi connectivity index (χ4n) is 6.31. The average Bonchev–Trinajstić information content (AvgIpc) is 2.98. The number of hydrazine groups is 1. The monoisotopic (exact) mass is 577 g/mol. The molecule has 0 radical (unpaired) electrons. The summed E-state index contributed by atoms with van der Waals surface area (Å²) in [7, 11) is 2.05. The summed E-state index contributed by atoms with van der Waals surface area (Å²) in [5, 5.41) is 2.33. The minimum atomic E-state index is 0.519. The summed E-state index contributed by atoms with van der Waals surface area (Å²) in [5.41, 5.74) is 4.74.